The molecule has 5 nitrogen and oxygen atoms in total. The third-order valence-corrected chi connectivity index (χ3v) is 4.95. The highest BCUT2D eigenvalue weighted by molar-refractivity contribution is 7.12. The van der Waals surface area contributed by atoms with Crippen molar-refractivity contribution < 1.29 is 14.3 Å². The van der Waals surface area contributed by atoms with E-state index in [1.165, 1.54) is 11.3 Å². The quantitative estimate of drug-likeness (QED) is 0.873. The average molecular weight is 324 g/mol. The minimum atomic E-state index is -0.931. The van der Waals surface area contributed by atoms with E-state index in [2.05, 4.69) is 10.6 Å². The summed E-state index contributed by atoms with van der Waals surface area (Å²) in [6.45, 7) is 3.46. The summed E-state index contributed by atoms with van der Waals surface area (Å²) in [5.74, 6) is -0.350. The molecule has 1 aromatic rings. The van der Waals surface area contributed by atoms with E-state index in [0.29, 0.717) is 11.0 Å². The fourth-order valence-corrected chi connectivity index (χ4v) is 3.24. The van der Waals surface area contributed by atoms with Gasteiger partial charge in [0.25, 0.3) is 5.91 Å². The third-order valence-electron chi connectivity index (χ3n) is 4.08. The van der Waals surface area contributed by atoms with Gasteiger partial charge in [0.05, 0.1) is 11.0 Å². The monoisotopic (exact) mass is 324 g/mol. The van der Waals surface area contributed by atoms with Gasteiger partial charge in [-0.2, -0.15) is 0 Å². The number of nitrogens with one attached hydrogen (secondary N) is 2. The first-order chi connectivity index (χ1) is 10.4. The summed E-state index contributed by atoms with van der Waals surface area (Å²) in [6, 6.07) is 3.73. The number of methoxy groups -OCH3 is 1. The van der Waals surface area contributed by atoms with Gasteiger partial charge in [0.1, 0.15) is 5.54 Å². The number of amides is 2. The van der Waals surface area contributed by atoms with Crippen molar-refractivity contribution >= 4 is 23.2 Å². The van der Waals surface area contributed by atoms with Gasteiger partial charge in [0, 0.05) is 13.2 Å². The maximum atomic E-state index is 12.4. The van der Waals surface area contributed by atoms with Gasteiger partial charge in [-0.1, -0.05) is 6.07 Å². The summed E-state index contributed by atoms with van der Waals surface area (Å²) in [5.41, 5.74) is -0.931. The fourth-order valence-electron chi connectivity index (χ4n) is 2.62. The van der Waals surface area contributed by atoms with Crippen molar-refractivity contribution in [3.63, 3.8) is 0 Å². The van der Waals surface area contributed by atoms with Crippen molar-refractivity contribution in [1.82, 2.24) is 10.6 Å². The molecule has 1 heterocycles. The lowest BCUT2D eigenvalue weighted by atomic mass is 9.92. The molecule has 22 heavy (non-hydrogen) atoms. The Kier molecular flexibility index (Phi) is 5.58. The highest BCUT2D eigenvalue weighted by Crippen LogP contribution is 2.21. The van der Waals surface area contributed by atoms with Crippen LogP contribution in [0.15, 0.2) is 17.5 Å². The SMILES string of the molecule is COC1CCC(NC(=O)C(C)(C)NC(=O)c2cccs2)CC1. The Morgan fingerprint density at radius 3 is 2.50 bits per heavy atom. The minimum absolute atomic E-state index is 0.140. The molecule has 1 saturated carbocycles. The molecule has 1 aromatic heterocycles. The number of carbonyl (C=O) groups excluding carboxylic acids is 2. The van der Waals surface area contributed by atoms with Crippen LogP contribution in [0.2, 0.25) is 0 Å². The Balaban J connectivity index is 1.86. The molecule has 2 rings (SSSR count). The summed E-state index contributed by atoms with van der Waals surface area (Å²) in [6.07, 6.45) is 4.06. The van der Waals surface area contributed by atoms with Crippen molar-refractivity contribution in [2.45, 2.75) is 57.2 Å². The van der Waals surface area contributed by atoms with Crippen LogP contribution < -0.4 is 10.6 Å². The molecule has 1 aliphatic carbocycles. The molecule has 0 aliphatic heterocycles. The molecule has 1 aliphatic rings. The van der Waals surface area contributed by atoms with Gasteiger partial charge in [0.15, 0.2) is 0 Å². The molecule has 0 bridgehead atoms. The van der Waals surface area contributed by atoms with Crippen LogP contribution in [0.5, 0.6) is 0 Å². The largest absolute Gasteiger partial charge is 0.381 e. The van der Waals surface area contributed by atoms with Gasteiger partial charge >= 0.3 is 0 Å². The Morgan fingerprint density at radius 1 is 1.27 bits per heavy atom. The molecule has 0 aromatic carbocycles. The van der Waals surface area contributed by atoms with Crippen LogP contribution in [-0.2, 0) is 9.53 Å². The maximum Gasteiger partial charge on any atom is 0.262 e. The predicted octanol–water partition coefficient (Wildman–Crippen LogP) is 2.33. The Labute approximate surface area is 135 Å². The summed E-state index contributed by atoms with van der Waals surface area (Å²) in [7, 11) is 1.73. The minimum Gasteiger partial charge on any atom is -0.381 e. The van der Waals surface area contributed by atoms with E-state index in [4.69, 9.17) is 4.74 Å². The fraction of sp³-hybridized carbons (Fsp3) is 0.625. The highest BCUT2D eigenvalue weighted by Gasteiger charge is 2.32. The van der Waals surface area contributed by atoms with E-state index >= 15 is 0 Å². The molecule has 122 valence electrons. The van der Waals surface area contributed by atoms with E-state index < -0.39 is 5.54 Å². The summed E-state index contributed by atoms with van der Waals surface area (Å²) < 4.78 is 5.34. The van der Waals surface area contributed by atoms with Crippen LogP contribution in [0.25, 0.3) is 0 Å². The topological polar surface area (TPSA) is 67.4 Å². The van der Waals surface area contributed by atoms with Crippen molar-refractivity contribution in [2.24, 2.45) is 0 Å². The predicted molar refractivity (Wildman–Crippen MR) is 87.1 cm³/mol. The molecular weight excluding hydrogens is 300 g/mol. The van der Waals surface area contributed by atoms with Crippen LogP contribution in [0.4, 0.5) is 0 Å². The lowest BCUT2D eigenvalue weighted by Crippen LogP contribution is -2.57. The van der Waals surface area contributed by atoms with Crippen molar-refractivity contribution in [3.8, 4) is 0 Å². The van der Waals surface area contributed by atoms with Gasteiger partial charge < -0.3 is 15.4 Å². The van der Waals surface area contributed by atoms with E-state index in [0.717, 1.165) is 25.7 Å². The van der Waals surface area contributed by atoms with Gasteiger partial charge in [0.2, 0.25) is 5.91 Å². The van der Waals surface area contributed by atoms with Crippen LogP contribution in [0.1, 0.15) is 49.2 Å². The Bertz CT molecular complexity index is 505. The molecule has 0 unspecified atom stereocenters. The first-order valence-electron chi connectivity index (χ1n) is 7.62. The van der Waals surface area contributed by atoms with Crippen molar-refractivity contribution in [1.29, 1.82) is 0 Å². The number of rotatable bonds is 5. The highest BCUT2D eigenvalue weighted by atomic mass is 32.1. The first-order valence-corrected chi connectivity index (χ1v) is 8.50. The molecule has 2 N–H and O–H groups in total. The summed E-state index contributed by atoms with van der Waals surface area (Å²) in [5, 5.41) is 7.69. The van der Waals surface area contributed by atoms with Gasteiger partial charge in [-0.05, 0) is 51.0 Å². The van der Waals surface area contributed by atoms with Gasteiger partial charge in [-0.3, -0.25) is 9.59 Å². The Hall–Kier alpha value is -1.40. The second kappa shape index (κ2) is 7.24. The molecule has 0 radical (unpaired) electrons. The average Bonchev–Trinajstić information content (AvgIpc) is 3.02. The Morgan fingerprint density at radius 2 is 1.95 bits per heavy atom. The normalized spacial score (nSPS) is 22.1. The molecule has 0 spiro atoms. The number of hydrogen-bond donors (Lipinski definition) is 2. The molecular formula is C16H24N2O3S. The molecule has 2 amide bonds. The van der Waals surface area contributed by atoms with E-state index in [1.54, 1.807) is 27.0 Å². The van der Waals surface area contributed by atoms with E-state index in [9.17, 15) is 9.59 Å². The molecule has 0 atom stereocenters. The third kappa shape index (κ3) is 4.30. The van der Waals surface area contributed by atoms with Crippen LogP contribution in [-0.4, -0.2) is 36.6 Å². The zero-order chi connectivity index (χ0) is 16.2. The van der Waals surface area contributed by atoms with Gasteiger partial charge in [-0.15, -0.1) is 11.3 Å². The van der Waals surface area contributed by atoms with Gasteiger partial charge in [-0.25, -0.2) is 0 Å². The number of carbonyl (C=O) groups is 2. The van der Waals surface area contributed by atoms with Crippen molar-refractivity contribution in [3.05, 3.63) is 22.4 Å². The lowest BCUT2D eigenvalue weighted by molar-refractivity contribution is -0.127. The van der Waals surface area contributed by atoms with E-state index in [1.807, 2.05) is 11.4 Å². The molecule has 1 fully saturated rings. The van der Waals surface area contributed by atoms with Crippen molar-refractivity contribution in [2.75, 3.05) is 7.11 Å². The first kappa shape index (κ1) is 17.0. The zero-order valence-corrected chi connectivity index (χ0v) is 14.2. The zero-order valence-electron chi connectivity index (χ0n) is 13.3. The van der Waals surface area contributed by atoms with Crippen LogP contribution in [0, 0.1) is 0 Å². The number of hydrogen-bond acceptors (Lipinski definition) is 4. The lowest BCUT2D eigenvalue weighted by Gasteiger charge is -2.32. The number of ether oxygens (including phenoxy) is 1. The van der Waals surface area contributed by atoms with Crippen LogP contribution in [0.3, 0.4) is 0 Å². The molecule has 6 heteroatoms. The maximum absolute atomic E-state index is 12.4. The molecule has 0 saturated heterocycles. The number of thiophene rings is 1. The second-order valence-electron chi connectivity index (χ2n) is 6.24. The standard InChI is InChI=1S/C16H24N2O3S/c1-16(2,18-14(19)13-5-4-10-22-13)15(20)17-11-6-8-12(21-3)9-7-11/h4-5,10-12H,6-9H2,1-3H3,(H,17,20)(H,18,19). The van der Waals surface area contributed by atoms with E-state index in [-0.39, 0.29) is 17.9 Å². The summed E-state index contributed by atoms with van der Waals surface area (Å²) in [4.78, 5) is 25.2. The van der Waals surface area contributed by atoms with Crippen LogP contribution >= 0.6 is 11.3 Å². The smallest absolute Gasteiger partial charge is 0.262 e. The second-order valence-corrected chi connectivity index (χ2v) is 7.19. The summed E-state index contributed by atoms with van der Waals surface area (Å²) >= 11 is 1.36.